The van der Waals surface area contributed by atoms with E-state index in [0.717, 1.165) is 37.0 Å². The standard InChI is InChI=1S/C21H28N2O5S/c1-12(2)10-27-21(26)17-13(3)16-18(29-17)22-11-23(19(16)24)14(4)20(25)28-15-8-6-5-7-9-15/h11-12,14-15H,5-10H2,1-4H3. The Bertz CT molecular complexity index is 956. The SMILES string of the molecule is Cc1c(C(=O)OCC(C)C)sc2ncn(C(C)C(=O)OC3CCCCC3)c(=O)c12. The summed E-state index contributed by atoms with van der Waals surface area (Å²) in [6.45, 7) is 7.58. The lowest BCUT2D eigenvalue weighted by molar-refractivity contribution is -0.154. The van der Waals surface area contributed by atoms with Gasteiger partial charge in [-0.15, -0.1) is 11.3 Å². The highest BCUT2D eigenvalue weighted by molar-refractivity contribution is 7.20. The van der Waals surface area contributed by atoms with Gasteiger partial charge in [-0.1, -0.05) is 20.3 Å². The summed E-state index contributed by atoms with van der Waals surface area (Å²) in [7, 11) is 0. The molecule has 0 N–H and O–H groups in total. The second-order valence-electron chi connectivity index (χ2n) is 8.06. The van der Waals surface area contributed by atoms with E-state index in [9.17, 15) is 14.4 Å². The van der Waals surface area contributed by atoms with Crippen molar-refractivity contribution in [1.29, 1.82) is 0 Å². The summed E-state index contributed by atoms with van der Waals surface area (Å²) in [6.07, 6.45) is 6.32. The molecule has 1 fully saturated rings. The van der Waals surface area contributed by atoms with Crippen LogP contribution in [0.4, 0.5) is 0 Å². The fourth-order valence-electron chi connectivity index (χ4n) is 3.47. The fourth-order valence-corrected chi connectivity index (χ4v) is 4.51. The van der Waals surface area contributed by atoms with Gasteiger partial charge in [0.2, 0.25) is 0 Å². The summed E-state index contributed by atoms with van der Waals surface area (Å²) >= 11 is 1.14. The molecule has 0 bridgehead atoms. The number of fused-ring (bicyclic) bond motifs is 1. The van der Waals surface area contributed by atoms with Crippen LogP contribution in [-0.2, 0) is 14.3 Å². The van der Waals surface area contributed by atoms with Crippen molar-refractivity contribution >= 4 is 33.5 Å². The zero-order valence-corrected chi connectivity index (χ0v) is 18.2. The van der Waals surface area contributed by atoms with E-state index < -0.39 is 18.0 Å². The number of esters is 2. The van der Waals surface area contributed by atoms with Crippen LogP contribution in [0.1, 0.15) is 74.2 Å². The first kappa shape index (κ1) is 21.5. The molecule has 1 aliphatic carbocycles. The van der Waals surface area contributed by atoms with E-state index in [1.165, 1.54) is 17.3 Å². The minimum atomic E-state index is -0.781. The molecule has 1 atom stereocenters. The quantitative estimate of drug-likeness (QED) is 0.656. The lowest BCUT2D eigenvalue weighted by Gasteiger charge is -2.24. The van der Waals surface area contributed by atoms with E-state index in [1.54, 1.807) is 13.8 Å². The predicted octanol–water partition coefficient (Wildman–Crippen LogP) is 4.02. The van der Waals surface area contributed by atoms with E-state index in [-0.39, 0.29) is 17.6 Å². The molecule has 0 spiro atoms. The van der Waals surface area contributed by atoms with Gasteiger partial charge in [0.15, 0.2) is 0 Å². The third-order valence-electron chi connectivity index (χ3n) is 5.20. The van der Waals surface area contributed by atoms with Gasteiger partial charge in [-0.2, -0.15) is 0 Å². The van der Waals surface area contributed by atoms with Crippen LogP contribution in [0.5, 0.6) is 0 Å². The molecule has 1 unspecified atom stereocenters. The first-order valence-electron chi connectivity index (χ1n) is 10.2. The summed E-state index contributed by atoms with van der Waals surface area (Å²) in [5, 5.41) is 0.353. The van der Waals surface area contributed by atoms with Crippen molar-refractivity contribution in [2.24, 2.45) is 5.92 Å². The van der Waals surface area contributed by atoms with Crippen molar-refractivity contribution in [3.63, 3.8) is 0 Å². The molecule has 2 aromatic rings. The van der Waals surface area contributed by atoms with Crippen LogP contribution in [0.2, 0.25) is 0 Å². The molecule has 1 aliphatic rings. The number of thiophene rings is 1. The molecule has 0 saturated heterocycles. The highest BCUT2D eigenvalue weighted by atomic mass is 32.1. The number of aryl methyl sites for hydroxylation is 1. The lowest BCUT2D eigenvalue weighted by atomic mass is 9.98. The van der Waals surface area contributed by atoms with Gasteiger partial charge in [0.05, 0.1) is 18.3 Å². The number of carbonyl (C=O) groups is 2. The van der Waals surface area contributed by atoms with E-state index in [2.05, 4.69) is 4.98 Å². The smallest absolute Gasteiger partial charge is 0.348 e. The first-order valence-corrected chi connectivity index (χ1v) is 11.0. The van der Waals surface area contributed by atoms with E-state index in [1.807, 2.05) is 13.8 Å². The zero-order chi connectivity index (χ0) is 21.1. The molecule has 158 valence electrons. The number of hydrogen-bond acceptors (Lipinski definition) is 7. The van der Waals surface area contributed by atoms with Crippen LogP contribution >= 0.6 is 11.3 Å². The number of aromatic nitrogens is 2. The molecular formula is C21H28N2O5S. The molecule has 1 saturated carbocycles. The maximum atomic E-state index is 13.1. The Hall–Kier alpha value is -2.22. The highest BCUT2D eigenvalue weighted by Gasteiger charge is 2.26. The van der Waals surface area contributed by atoms with Gasteiger partial charge in [0, 0.05) is 0 Å². The Morgan fingerprint density at radius 3 is 2.59 bits per heavy atom. The third kappa shape index (κ3) is 4.69. The second-order valence-corrected chi connectivity index (χ2v) is 9.06. The van der Waals surface area contributed by atoms with Crippen LogP contribution in [0.15, 0.2) is 11.1 Å². The number of hydrogen-bond donors (Lipinski definition) is 0. The summed E-state index contributed by atoms with van der Waals surface area (Å²) in [5.41, 5.74) is 0.193. The molecule has 0 aliphatic heterocycles. The topological polar surface area (TPSA) is 87.5 Å². The maximum absolute atomic E-state index is 13.1. The minimum Gasteiger partial charge on any atom is -0.461 e. The summed E-state index contributed by atoms with van der Waals surface area (Å²) in [6, 6.07) is -0.781. The van der Waals surface area contributed by atoms with Gasteiger partial charge in [-0.25, -0.2) is 14.6 Å². The van der Waals surface area contributed by atoms with Crippen LogP contribution in [0.25, 0.3) is 10.2 Å². The van der Waals surface area contributed by atoms with E-state index in [0.29, 0.717) is 27.3 Å². The van der Waals surface area contributed by atoms with Crippen LogP contribution in [-0.4, -0.2) is 34.2 Å². The maximum Gasteiger partial charge on any atom is 0.348 e. The van der Waals surface area contributed by atoms with Crippen molar-refractivity contribution in [3.05, 3.63) is 27.1 Å². The van der Waals surface area contributed by atoms with Crippen LogP contribution in [0.3, 0.4) is 0 Å². The normalized spacial score (nSPS) is 16.2. The molecule has 3 rings (SSSR count). The Kier molecular flexibility index (Phi) is 6.72. The number of carbonyl (C=O) groups excluding carboxylic acids is 2. The average molecular weight is 421 g/mol. The van der Waals surface area contributed by atoms with E-state index in [4.69, 9.17) is 9.47 Å². The number of ether oxygens (including phenoxy) is 2. The molecule has 2 heterocycles. The van der Waals surface area contributed by atoms with Gasteiger partial charge in [0.25, 0.3) is 5.56 Å². The van der Waals surface area contributed by atoms with Gasteiger partial charge < -0.3 is 9.47 Å². The monoisotopic (exact) mass is 420 g/mol. The Labute approximate surface area is 174 Å². The zero-order valence-electron chi connectivity index (χ0n) is 17.4. The fraction of sp³-hybridized carbons (Fsp3) is 0.619. The summed E-state index contributed by atoms with van der Waals surface area (Å²) in [5.74, 6) is -0.653. The van der Waals surface area contributed by atoms with Gasteiger partial charge >= 0.3 is 11.9 Å². The molecule has 8 heteroatoms. The largest absolute Gasteiger partial charge is 0.461 e. The van der Waals surface area contributed by atoms with Gasteiger partial charge in [-0.3, -0.25) is 9.36 Å². The minimum absolute atomic E-state index is 0.0729. The Balaban J connectivity index is 1.85. The molecule has 7 nitrogen and oxygen atoms in total. The van der Waals surface area contributed by atoms with Crippen LogP contribution in [0, 0.1) is 12.8 Å². The summed E-state index contributed by atoms with van der Waals surface area (Å²) < 4.78 is 12.2. The van der Waals surface area contributed by atoms with Gasteiger partial charge in [-0.05, 0) is 51.0 Å². The number of rotatable bonds is 6. The Morgan fingerprint density at radius 2 is 1.93 bits per heavy atom. The Morgan fingerprint density at radius 1 is 1.24 bits per heavy atom. The summed E-state index contributed by atoms with van der Waals surface area (Å²) in [4.78, 5) is 43.2. The molecule has 29 heavy (non-hydrogen) atoms. The van der Waals surface area contributed by atoms with Crippen molar-refractivity contribution in [3.8, 4) is 0 Å². The first-order chi connectivity index (χ1) is 13.8. The van der Waals surface area contributed by atoms with Crippen molar-refractivity contribution < 1.29 is 19.1 Å². The molecule has 0 radical (unpaired) electrons. The second kappa shape index (κ2) is 9.07. The van der Waals surface area contributed by atoms with Crippen molar-refractivity contribution in [1.82, 2.24) is 9.55 Å². The van der Waals surface area contributed by atoms with E-state index >= 15 is 0 Å². The highest BCUT2D eigenvalue weighted by Crippen LogP contribution is 2.28. The lowest BCUT2D eigenvalue weighted by Crippen LogP contribution is -2.32. The molecule has 0 aromatic carbocycles. The van der Waals surface area contributed by atoms with Gasteiger partial charge in [0.1, 0.15) is 21.9 Å². The van der Waals surface area contributed by atoms with Crippen molar-refractivity contribution in [2.45, 2.75) is 71.9 Å². The third-order valence-corrected chi connectivity index (χ3v) is 6.38. The van der Waals surface area contributed by atoms with Crippen molar-refractivity contribution in [2.75, 3.05) is 6.61 Å². The number of nitrogens with zero attached hydrogens (tertiary/aromatic N) is 2. The predicted molar refractivity (Wildman–Crippen MR) is 111 cm³/mol. The molecular weight excluding hydrogens is 392 g/mol. The molecule has 2 aromatic heterocycles. The average Bonchev–Trinajstić information content (AvgIpc) is 3.04. The van der Waals surface area contributed by atoms with Crippen LogP contribution < -0.4 is 5.56 Å². The molecule has 0 amide bonds.